The van der Waals surface area contributed by atoms with Crippen molar-refractivity contribution in [3.63, 3.8) is 0 Å². The number of likely N-dealkylation sites (N-methyl/N-ethyl adjacent to an activating group) is 1. The van der Waals surface area contributed by atoms with Gasteiger partial charge in [0.15, 0.2) is 0 Å². The van der Waals surface area contributed by atoms with E-state index >= 15 is 0 Å². The van der Waals surface area contributed by atoms with Crippen LogP contribution in [0.2, 0.25) is 0 Å². The molecule has 1 saturated heterocycles. The molecule has 0 saturated carbocycles. The molecule has 1 fully saturated rings. The average Bonchev–Trinajstić information content (AvgIpc) is 3.34. The number of hydrogen-bond donors (Lipinski definition) is 3. The fraction of sp³-hybridized carbons (Fsp3) is 0.600. The van der Waals surface area contributed by atoms with Crippen molar-refractivity contribution in [1.82, 2.24) is 16.0 Å². The molecule has 2 rings (SSSR count). The summed E-state index contributed by atoms with van der Waals surface area (Å²) >= 11 is 0. The van der Waals surface area contributed by atoms with Crippen LogP contribution in [0, 0.1) is 11.7 Å². The van der Waals surface area contributed by atoms with E-state index in [-0.39, 0.29) is 24.8 Å². The molecular formula is C25H36FN3O4S2. The van der Waals surface area contributed by atoms with Crippen molar-refractivity contribution < 1.29 is 23.6 Å². The Bertz CT molecular complexity index is 861. The first-order valence-electron chi connectivity index (χ1n) is 12.2. The first-order valence-corrected chi connectivity index (χ1v) is 14.5. The number of hydrogen-bond acceptors (Lipinski definition) is 6. The van der Waals surface area contributed by atoms with Crippen LogP contribution in [-0.2, 0) is 25.6 Å². The smallest absolute Gasteiger partial charge is 0.289 e. The Hall–Kier alpha value is -2.07. The Morgan fingerprint density at radius 1 is 1.09 bits per heavy atom. The zero-order valence-electron chi connectivity index (χ0n) is 20.6. The highest BCUT2D eigenvalue weighted by Gasteiger charge is 2.31. The van der Waals surface area contributed by atoms with Gasteiger partial charge >= 0.3 is 0 Å². The average molecular weight is 526 g/mol. The van der Waals surface area contributed by atoms with Gasteiger partial charge in [-0.3, -0.25) is 19.2 Å². The van der Waals surface area contributed by atoms with Crippen molar-refractivity contribution >= 4 is 45.1 Å². The Morgan fingerprint density at radius 2 is 1.80 bits per heavy atom. The third-order valence-electron chi connectivity index (χ3n) is 5.72. The number of halogens is 1. The Kier molecular flexibility index (Phi) is 12.6. The predicted octanol–water partition coefficient (Wildman–Crippen LogP) is 3.41. The number of amides is 3. The fourth-order valence-electron chi connectivity index (χ4n) is 3.74. The summed E-state index contributed by atoms with van der Waals surface area (Å²) in [7, 11) is 3.82. The highest BCUT2D eigenvalue weighted by atomic mass is 33.1. The van der Waals surface area contributed by atoms with Crippen LogP contribution in [0.4, 0.5) is 4.39 Å². The van der Waals surface area contributed by atoms with E-state index < -0.39 is 35.5 Å². The minimum Gasteiger partial charge on any atom is -0.350 e. The van der Waals surface area contributed by atoms with E-state index in [9.17, 15) is 23.6 Å². The SMILES string of the molecule is CCNC(=O)C(=O)[C@H](Cc1ccc(F)cc1)NC(=O)[C@@H](NC(=O)CCCCC1CCSS1)C(C)C. The summed E-state index contributed by atoms with van der Waals surface area (Å²) in [5, 5.41) is 8.56. The maximum absolute atomic E-state index is 13.3. The first kappa shape index (κ1) is 29.2. The molecule has 0 aromatic heterocycles. The van der Waals surface area contributed by atoms with Crippen molar-refractivity contribution in [3.8, 4) is 0 Å². The summed E-state index contributed by atoms with van der Waals surface area (Å²) < 4.78 is 13.3. The van der Waals surface area contributed by atoms with Gasteiger partial charge in [-0.05, 0) is 49.8 Å². The van der Waals surface area contributed by atoms with Gasteiger partial charge in [-0.2, -0.15) is 0 Å². The lowest BCUT2D eigenvalue weighted by atomic mass is 9.98. The Balaban J connectivity index is 1.98. The van der Waals surface area contributed by atoms with Gasteiger partial charge in [-0.15, -0.1) is 0 Å². The largest absolute Gasteiger partial charge is 0.350 e. The van der Waals surface area contributed by atoms with Gasteiger partial charge < -0.3 is 16.0 Å². The highest BCUT2D eigenvalue weighted by molar-refractivity contribution is 8.77. The summed E-state index contributed by atoms with van der Waals surface area (Å²) in [4.78, 5) is 50.6. The van der Waals surface area contributed by atoms with Gasteiger partial charge in [0.25, 0.3) is 5.91 Å². The zero-order valence-corrected chi connectivity index (χ0v) is 22.2. The van der Waals surface area contributed by atoms with Crippen molar-refractivity contribution in [2.24, 2.45) is 5.92 Å². The molecule has 194 valence electrons. The summed E-state index contributed by atoms with van der Waals surface area (Å²) in [6, 6.07) is 3.54. The van der Waals surface area contributed by atoms with Gasteiger partial charge in [-0.1, -0.05) is 54.0 Å². The molecule has 10 heteroatoms. The highest BCUT2D eigenvalue weighted by Crippen LogP contribution is 2.39. The quantitative estimate of drug-likeness (QED) is 0.195. The number of nitrogens with one attached hydrogen (secondary N) is 3. The second-order valence-corrected chi connectivity index (χ2v) is 11.8. The molecule has 3 amide bonds. The summed E-state index contributed by atoms with van der Waals surface area (Å²) in [6.07, 6.45) is 4.38. The fourth-order valence-corrected chi connectivity index (χ4v) is 6.76. The Morgan fingerprint density at radius 3 is 2.40 bits per heavy atom. The lowest BCUT2D eigenvalue weighted by Gasteiger charge is -2.25. The van der Waals surface area contributed by atoms with E-state index in [0.717, 1.165) is 19.3 Å². The summed E-state index contributed by atoms with van der Waals surface area (Å²) in [5.41, 5.74) is 0.596. The van der Waals surface area contributed by atoms with Crippen LogP contribution < -0.4 is 16.0 Å². The van der Waals surface area contributed by atoms with E-state index in [2.05, 4.69) is 16.0 Å². The molecule has 0 bridgehead atoms. The lowest BCUT2D eigenvalue weighted by molar-refractivity contribution is -0.140. The van der Waals surface area contributed by atoms with Gasteiger partial charge in [-0.25, -0.2) is 4.39 Å². The molecule has 1 aromatic rings. The number of benzene rings is 1. The number of rotatable bonds is 14. The van der Waals surface area contributed by atoms with Crippen LogP contribution in [0.5, 0.6) is 0 Å². The van der Waals surface area contributed by atoms with E-state index in [0.29, 0.717) is 17.2 Å². The molecular weight excluding hydrogens is 489 g/mol. The molecule has 0 radical (unpaired) electrons. The van der Waals surface area contributed by atoms with Crippen LogP contribution in [0.15, 0.2) is 24.3 Å². The maximum atomic E-state index is 13.3. The zero-order chi connectivity index (χ0) is 25.8. The van der Waals surface area contributed by atoms with Crippen molar-refractivity contribution in [2.75, 3.05) is 12.3 Å². The molecule has 0 aliphatic carbocycles. The molecule has 7 nitrogen and oxygen atoms in total. The summed E-state index contributed by atoms with van der Waals surface area (Å²) in [5.74, 6) is -1.80. The molecule has 1 heterocycles. The Labute approximate surface area is 214 Å². The van der Waals surface area contributed by atoms with E-state index in [1.54, 1.807) is 20.8 Å². The minimum absolute atomic E-state index is 0.0260. The topological polar surface area (TPSA) is 104 Å². The standard InChI is InChI=1S/C25H36FN3O4S2/c1-4-27-25(33)23(31)20(15-17-9-11-18(26)12-10-17)28-24(32)22(16(2)3)29-21(30)8-6-5-7-19-13-14-34-35-19/h9-12,16,19-20,22H,4-8,13-15H2,1-3H3,(H,27,33)(H,28,32)(H,29,30)/t19?,20-,22-/m0/s1. The van der Waals surface area contributed by atoms with Crippen LogP contribution in [-0.4, -0.2) is 53.1 Å². The van der Waals surface area contributed by atoms with Crippen molar-refractivity contribution in [3.05, 3.63) is 35.6 Å². The number of ketones is 1. The van der Waals surface area contributed by atoms with Gasteiger partial charge in [0.2, 0.25) is 17.6 Å². The normalized spacial score (nSPS) is 17.0. The van der Waals surface area contributed by atoms with E-state index in [1.165, 1.54) is 36.4 Å². The van der Waals surface area contributed by atoms with Crippen LogP contribution in [0.1, 0.15) is 58.4 Å². The third-order valence-corrected chi connectivity index (χ3v) is 8.73. The molecule has 1 unspecified atom stereocenters. The van der Waals surface area contributed by atoms with Crippen LogP contribution in [0.3, 0.4) is 0 Å². The molecule has 0 spiro atoms. The van der Waals surface area contributed by atoms with E-state index in [1.807, 2.05) is 21.6 Å². The number of unbranched alkanes of at least 4 members (excludes halogenated alkanes) is 1. The van der Waals surface area contributed by atoms with Crippen molar-refractivity contribution in [2.45, 2.75) is 76.6 Å². The predicted molar refractivity (Wildman–Crippen MR) is 139 cm³/mol. The van der Waals surface area contributed by atoms with Gasteiger partial charge in [0.1, 0.15) is 17.9 Å². The second kappa shape index (κ2) is 15.1. The number of Topliss-reactive ketones (excluding diaryl/α,β-unsaturated/α-hetero) is 1. The van der Waals surface area contributed by atoms with Crippen LogP contribution >= 0.6 is 21.6 Å². The molecule has 3 N–H and O–H groups in total. The molecule has 3 atom stereocenters. The third kappa shape index (κ3) is 10.2. The van der Waals surface area contributed by atoms with Gasteiger partial charge in [0, 0.05) is 30.4 Å². The lowest BCUT2D eigenvalue weighted by Crippen LogP contribution is -2.56. The van der Waals surface area contributed by atoms with Gasteiger partial charge in [0.05, 0.1) is 0 Å². The molecule has 35 heavy (non-hydrogen) atoms. The first-order chi connectivity index (χ1) is 16.7. The molecule has 1 aliphatic heterocycles. The summed E-state index contributed by atoms with van der Waals surface area (Å²) in [6.45, 7) is 5.57. The monoisotopic (exact) mass is 525 g/mol. The van der Waals surface area contributed by atoms with Crippen LogP contribution in [0.25, 0.3) is 0 Å². The van der Waals surface area contributed by atoms with E-state index in [4.69, 9.17) is 0 Å². The maximum Gasteiger partial charge on any atom is 0.289 e. The number of carbonyl (C=O) groups is 4. The minimum atomic E-state index is -1.14. The molecule has 1 aliphatic rings. The molecule has 1 aromatic carbocycles. The number of carbonyl (C=O) groups excluding carboxylic acids is 4. The second-order valence-electron chi connectivity index (χ2n) is 8.98. The van der Waals surface area contributed by atoms with Crippen molar-refractivity contribution in [1.29, 1.82) is 0 Å².